The summed E-state index contributed by atoms with van der Waals surface area (Å²) in [5.41, 5.74) is 3.19. The number of carbonyl (C=O) groups is 1. The lowest BCUT2D eigenvalue weighted by atomic mass is 10.1. The van der Waals surface area contributed by atoms with Gasteiger partial charge in [-0.3, -0.25) is 4.57 Å². The summed E-state index contributed by atoms with van der Waals surface area (Å²) in [4.78, 5) is 23.9. The first kappa shape index (κ1) is 18.1. The van der Waals surface area contributed by atoms with Crippen LogP contribution in [0.1, 0.15) is 24.4 Å². The molecule has 0 amide bonds. The minimum Gasteiger partial charge on any atom is -0.475 e. The maximum Gasteiger partial charge on any atom is 0.490 e. The van der Waals surface area contributed by atoms with Gasteiger partial charge in [0.25, 0.3) is 0 Å². The summed E-state index contributed by atoms with van der Waals surface area (Å²) in [5, 5.41) is 10.5. The Hall–Kier alpha value is -2.29. The fraction of sp³-hybridized carbons (Fsp3) is 0.467. The van der Waals surface area contributed by atoms with Crippen molar-refractivity contribution in [3.05, 3.63) is 34.2 Å². The van der Waals surface area contributed by atoms with Gasteiger partial charge in [-0.05, 0) is 50.6 Å². The lowest BCUT2D eigenvalue weighted by Gasteiger charge is -2.23. The number of H-pyrrole nitrogens is 1. The zero-order chi connectivity index (χ0) is 17.9. The first-order chi connectivity index (χ1) is 11.2. The molecule has 2 aromatic rings. The Kier molecular flexibility index (Phi) is 5.33. The summed E-state index contributed by atoms with van der Waals surface area (Å²) in [6, 6.07) is 6.48. The Morgan fingerprint density at radius 2 is 1.88 bits per heavy atom. The summed E-state index contributed by atoms with van der Waals surface area (Å²) in [6.45, 7) is 4.03. The summed E-state index contributed by atoms with van der Waals surface area (Å²) in [6.07, 6.45) is -3.03. The minimum absolute atomic E-state index is 0.0255. The molecule has 0 saturated carbocycles. The van der Waals surface area contributed by atoms with Crippen molar-refractivity contribution in [3.63, 3.8) is 0 Å². The summed E-state index contributed by atoms with van der Waals surface area (Å²) in [7, 11) is 0. The lowest BCUT2D eigenvalue weighted by molar-refractivity contribution is -0.192. The number of rotatable bonds is 1. The van der Waals surface area contributed by atoms with Gasteiger partial charge in [0.2, 0.25) is 0 Å². The molecule has 9 heteroatoms. The third-order valence-corrected chi connectivity index (χ3v) is 3.79. The zero-order valence-electron chi connectivity index (χ0n) is 13.0. The van der Waals surface area contributed by atoms with Gasteiger partial charge in [-0.2, -0.15) is 13.2 Å². The molecule has 2 heterocycles. The molecule has 24 heavy (non-hydrogen) atoms. The van der Waals surface area contributed by atoms with Gasteiger partial charge in [-0.1, -0.05) is 6.07 Å². The van der Waals surface area contributed by atoms with Crippen molar-refractivity contribution in [2.45, 2.75) is 32.0 Å². The van der Waals surface area contributed by atoms with Crippen LogP contribution in [0.3, 0.4) is 0 Å². The molecule has 1 aliphatic rings. The normalized spacial score (nSPS) is 15.8. The summed E-state index contributed by atoms with van der Waals surface area (Å²) in [5.74, 6) is -2.76. The van der Waals surface area contributed by atoms with Crippen molar-refractivity contribution in [2.24, 2.45) is 0 Å². The van der Waals surface area contributed by atoms with Gasteiger partial charge in [0.1, 0.15) is 0 Å². The van der Waals surface area contributed by atoms with E-state index in [1.54, 1.807) is 0 Å². The number of imidazole rings is 1. The zero-order valence-corrected chi connectivity index (χ0v) is 13.0. The third kappa shape index (κ3) is 4.16. The van der Waals surface area contributed by atoms with Gasteiger partial charge in [-0.15, -0.1) is 0 Å². The third-order valence-electron chi connectivity index (χ3n) is 3.79. The summed E-state index contributed by atoms with van der Waals surface area (Å²) >= 11 is 0. The fourth-order valence-electron chi connectivity index (χ4n) is 2.67. The van der Waals surface area contributed by atoms with Crippen LogP contribution in [0.2, 0.25) is 0 Å². The molecule has 3 rings (SSSR count). The van der Waals surface area contributed by atoms with E-state index in [1.807, 2.05) is 23.6 Å². The van der Waals surface area contributed by atoms with E-state index < -0.39 is 12.1 Å². The second-order valence-corrected chi connectivity index (χ2v) is 5.60. The molecule has 0 bridgehead atoms. The van der Waals surface area contributed by atoms with Gasteiger partial charge in [0, 0.05) is 6.04 Å². The molecular formula is C15H18F3N3O3. The molecule has 132 valence electrons. The van der Waals surface area contributed by atoms with Crippen LogP contribution in [-0.2, 0) is 4.79 Å². The molecule has 0 atom stereocenters. The van der Waals surface area contributed by atoms with Crippen molar-refractivity contribution >= 4 is 17.0 Å². The van der Waals surface area contributed by atoms with Crippen LogP contribution >= 0.6 is 0 Å². The minimum atomic E-state index is -5.08. The first-order valence-electron chi connectivity index (χ1n) is 7.42. The van der Waals surface area contributed by atoms with Crippen LogP contribution in [0.25, 0.3) is 11.0 Å². The number of aryl methyl sites for hydroxylation is 1. The number of carboxylic acids is 1. The van der Waals surface area contributed by atoms with E-state index in [0.717, 1.165) is 37.0 Å². The highest BCUT2D eigenvalue weighted by molar-refractivity contribution is 5.76. The molecule has 3 N–H and O–H groups in total. The van der Waals surface area contributed by atoms with Crippen LogP contribution in [0.15, 0.2) is 23.0 Å². The average molecular weight is 345 g/mol. The van der Waals surface area contributed by atoms with Crippen molar-refractivity contribution < 1.29 is 23.1 Å². The number of alkyl halides is 3. The van der Waals surface area contributed by atoms with Crippen LogP contribution in [0, 0.1) is 6.92 Å². The number of nitrogens with zero attached hydrogens (tertiary/aromatic N) is 1. The quantitative estimate of drug-likeness (QED) is 0.739. The number of piperidine rings is 1. The van der Waals surface area contributed by atoms with Gasteiger partial charge in [0.15, 0.2) is 0 Å². The van der Waals surface area contributed by atoms with E-state index in [4.69, 9.17) is 9.90 Å². The molecule has 1 fully saturated rings. The van der Waals surface area contributed by atoms with E-state index in [1.165, 1.54) is 5.56 Å². The highest BCUT2D eigenvalue weighted by Gasteiger charge is 2.38. The SMILES string of the molecule is Cc1ccc2c(c1)[nH]c(=O)n2C1CCNCC1.O=C(O)C(F)(F)F. The Balaban J connectivity index is 0.000000256. The number of hydrogen-bond donors (Lipinski definition) is 3. The smallest absolute Gasteiger partial charge is 0.475 e. The predicted octanol–water partition coefficient (Wildman–Crippen LogP) is 2.20. The van der Waals surface area contributed by atoms with E-state index in [-0.39, 0.29) is 5.69 Å². The molecular weight excluding hydrogens is 327 g/mol. The Morgan fingerprint density at radius 3 is 2.42 bits per heavy atom. The molecule has 6 nitrogen and oxygen atoms in total. The van der Waals surface area contributed by atoms with Crippen LogP contribution in [0.4, 0.5) is 13.2 Å². The van der Waals surface area contributed by atoms with Crippen molar-refractivity contribution in [1.82, 2.24) is 14.9 Å². The first-order valence-corrected chi connectivity index (χ1v) is 7.42. The predicted molar refractivity (Wildman–Crippen MR) is 82.1 cm³/mol. The highest BCUT2D eigenvalue weighted by atomic mass is 19.4. The fourth-order valence-corrected chi connectivity index (χ4v) is 2.67. The lowest BCUT2D eigenvalue weighted by Crippen LogP contribution is -2.33. The number of fused-ring (bicyclic) bond motifs is 1. The number of halogens is 3. The van der Waals surface area contributed by atoms with E-state index in [9.17, 15) is 18.0 Å². The van der Waals surface area contributed by atoms with Gasteiger partial charge in [-0.25, -0.2) is 9.59 Å². The number of benzene rings is 1. The van der Waals surface area contributed by atoms with Crippen LogP contribution < -0.4 is 11.0 Å². The van der Waals surface area contributed by atoms with Gasteiger partial charge >= 0.3 is 17.8 Å². The molecule has 0 unspecified atom stereocenters. The standard InChI is InChI=1S/C13H17N3O.C2HF3O2/c1-9-2-3-12-11(8-9)15-13(17)16(12)10-4-6-14-7-5-10;3-2(4,5)1(6)7/h2-3,8,10,14H,4-7H2,1H3,(H,15,17);(H,6,7). The topological polar surface area (TPSA) is 87.1 Å². The molecule has 1 saturated heterocycles. The second-order valence-electron chi connectivity index (χ2n) is 5.60. The van der Waals surface area contributed by atoms with Gasteiger partial charge in [0.05, 0.1) is 11.0 Å². The number of aliphatic carboxylic acids is 1. The Morgan fingerprint density at radius 1 is 1.29 bits per heavy atom. The molecule has 0 spiro atoms. The molecule has 1 aromatic carbocycles. The van der Waals surface area contributed by atoms with Crippen LogP contribution in [-0.4, -0.2) is 39.9 Å². The maximum absolute atomic E-state index is 12.0. The number of aromatic amines is 1. The number of nitrogens with one attached hydrogen (secondary N) is 2. The van der Waals surface area contributed by atoms with Crippen LogP contribution in [0.5, 0.6) is 0 Å². The molecule has 0 aliphatic carbocycles. The average Bonchev–Trinajstić information content (AvgIpc) is 2.82. The highest BCUT2D eigenvalue weighted by Crippen LogP contribution is 2.22. The van der Waals surface area contributed by atoms with Crippen molar-refractivity contribution in [2.75, 3.05) is 13.1 Å². The number of hydrogen-bond acceptors (Lipinski definition) is 3. The van der Waals surface area contributed by atoms with E-state index >= 15 is 0 Å². The number of carboxylic acid groups (broad SMARTS) is 1. The van der Waals surface area contributed by atoms with E-state index in [2.05, 4.69) is 16.4 Å². The maximum atomic E-state index is 12.0. The molecule has 1 aromatic heterocycles. The second kappa shape index (κ2) is 7.08. The Labute approximate surface area is 135 Å². The Bertz CT molecular complexity index is 774. The van der Waals surface area contributed by atoms with Crippen molar-refractivity contribution in [1.29, 1.82) is 0 Å². The summed E-state index contributed by atoms with van der Waals surface area (Å²) < 4.78 is 33.7. The monoisotopic (exact) mass is 345 g/mol. The van der Waals surface area contributed by atoms with E-state index in [0.29, 0.717) is 6.04 Å². The number of aromatic nitrogens is 2. The van der Waals surface area contributed by atoms with Crippen molar-refractivity contribution in [3.8, 4) is 0 Å². The van der Waals surface area contributed by atoms with Gasteiger partial charge < -0.3 is 15.4 Å². The molecule has 0 radical (unpaired) electrons. The molecule has 1 aliphatic heterocycles. The largest absolute Gasteiger partial charge is 0.490 e.